The van der Waals surface area contributed by atoms with E-state index in [0.29, 0.717) is 18.8 Å². The Balaban J connectivity index is 1.73. The maximum absolute atomic E-state index is 14.0. The Morgan fingerprint density at radius 1 is 1.07 bits per heavy atom. The number of anilines is 1. The largest absolute Gasteiger partial charge is 0.494 e. The van der Waals surface area contributed by atoms with E-state index in [4.69, 9.17) is 9.47 Å². The summed E-state index contributed by atoms with van der Waals surface area (Å²) in [6.07, 6.45) is 0.520. The summed E-state index contributed by atoms with van der Waals surface area (Å²) in [6.45, 7) is 1.09. The highest BCUT2D eigenvalue weighted by atomic mass is 19.1. The monoisotopic (exact) mass is 373 g/mol. The zero-order valence-corrected chi connectivity index (χ0v) is 14.9. The zero-order valence-electron chi connectivity index (χ0n) is 14.9. The third kappa shape index (κ3) is 6.89. The molecule has 0 radical (unpaired) electrons. The Labute approximate surface area is 156 Å². The van der Waals surface area contributed by atoms with Crippen molar-refractivity contribution in [3.63, 3.8) is 0 Å². The van der Waals surface area contributed by atoms with Crippen molar-refractivity contribution >= 4 is 23.3 Å². The molecular weight excluding hydrogens is 353 g/mol. The van der Waals surface area contributed by atoms with E-state index in [1.807, 2.05) is 30.3 Å². The first kappa shape index (κ1) is 20.1. The number of hydrogen-bond donors (Lipinski definition) is 1. The number of esters is 1. The summed E-state index contributed by atoms with van der Waals surface area (Å²) in [5.74, 6) is -1.65. The van der Waals surface area contributed by atoms with Gasteiger partial charge in [0.1, 0.15) is 11.6 Å². The molecule has 1 N–H and O–H groups in total. The number of carbonyl (C=O) groups excluding carboxylic acids is 3. The lowest BCUT2D eigenvalue weighted by Gasteiger charge is -2.08. The molecular formula is C20H20FNO5. The lowest BCUT2D eigenvalue weighted by molar-refractivity contribution is -0.142. The minimum atomic E-state index is -0.793. The fourth-order valence-electron chi connectivity index (χ4n) is 2.24. The molecule has 0 atom stereocenters. The first-order valence-electron chi connectivity index (χ1n) is 8.39. The third-order valence-corrected chi connectivity index (χ3v) is 3.49. The summed E-state index contributed by atoms with van der Waals surface area (Å²) >= 11 is 0. The van der Waals surface area contributed by atoms with Crippen molar-refractivity contribution in [3.8, 4) is 5.75 Å². The van der Waals surface area contributed by atoms with E-state index in [1.165, 1.54) is 19.1 Å². The minimum Gasteiger partial charge on any atom is -0.494 e. The van der Waals surface area contributed by atoms with Crippen molar-refractivity contribution < 1.29 is 28.2 Å². The van der Waals surface area contributed by atoms with E-state index in [2.05, 4.69) is 5.32 Å². The van der Waals surface area contributed by atoms with Crippen LogP contribution in [0, 0.1) is 5.82 Å². The zero-order chi connectivity index (χ0) is 19.6. The van der Waals surface area contributed by atoms with Gasteiger partial charge in [-0.3, -0.25) is 14.4 Å². The molecule has 27 heavy (non-hydrogen) atoms. The predicted molar refractivity (Wildman–Crippen MR) is 97.2 cm³/mol. The molecule has 0 aliphatic rings. The Bertz CT molecular complexity index is 807. The van der Waals surface area contributed by atoms with Crippen molar-refractivity contribution in [2.24, 2.45) is 0 Å². The average Bonchev–Trinajstić information content (AvgIpc) is 2.64. The number of Topliss-reactive ketones (excluding diaryl/α,β-unsaturated/α-hetero) is 1. The Morgan fingerprint density at radius 2 is 1.81 bits per heavy atom. The molecule has 6 nitrogen and oxygen atoms in total. The number of para-hydroxylation sites is 1. The van der Waals surface area contributed by atoms with Crippen LogP contribution in [0.3, 0.4) is 0 Å². The number of nitrogens with one attached hydrogen (secondary N) is 1. The van der Waals surface area contributed by atoms with Crippen LogP contribution in [0.1, 0.15) is 30.1 Å². The van der Waals surface area contributed by atoms with Crippen LogP contribution >= 0.6 is 0 Å². The number of hydrogen-bond acceptors (Lipinski definition) is 5. The summed E-state index contributed by atoms with van der Waals surface area (Å²) in [5, 5.41) is 2.42. The van der Waals surface area contributed by atoms with Crippen LogP contribution < -0.4 is 10.1 Å². The Morgan fingerprint density at radius 3 is 2.48 bits per heavy atom. The lowest BCUT2D eigenvalue weighted by atomic mass is 10.1. The van der Waals surface area contributed by atoms with Crippen molar-refractivity contribution in [1.29, 1.82) is 0 Å². The summed E-state index contributed by atoms with van der Waals surface area (Å²) in [4.78, 5) is 34.6. The van der Waals surface area contributed by atoms with Crippen molar-refractivity contribution in [2.45, 2.75) is 19.8 Å². The van der Waals surface area contributed by atoms with Gasteiger partial charge in [-0.2, -0.15) is 0 Å². The van der Waals surface area contributed by atoms with E-state index >= 15 is 0 Å². The van der Waals surface area contributed by atoms with Gasteiger partial charge in [0.15, 0.2) is 6.61 Å². The highest BCUT2D eigenvalue weighted by Crippen LogP contribution is 2.15. The number of rotatable bonds is 9. The van der Waals surface area contributed by atoms with E-state index in [-0.39, 0.29) is 23.6 Å². The summed E-state index contributed by atoms with van der Waals surface area (Å²) in [5.41, 5.74) is 0.0382. The average molecular weight is 373 g/mol. The van der Waals surface area contributed by atoms with Crippen molar-refractivity contribution in [1.82, 2.24) is 0 Å². The van der Waals surface area contributed by atoms with Gasteiger partial charge >= 0.3 is 5.97 Å². The number of ketones is 1. The van der Waals surface area contributed by atoms with Gasteiger partial charge in [-0.1, -0.05) is 18.2 Å². The third-order valence-electron chi connectivity index (χ3n) is 3.49. The van der Waals surface area contributed by atoms with Crippen LogP contribution in [0.5, 0.6) is 5.75 Å². The van der Waals surface area contributed by atoms with Gasteiger partial charge in [0.05, 0.1) is 12.2 Å². The van der Waals surface area contributed by atoms with Gasteiger partial charge in [0, 0.05) is 19.0 Å². The van der Waals surface area contributed by atoms with E-state index in [1.54, 1.807) is 0 Å². The highest BCUT2D eigenvalue weighted by molar-refractivity contribution is 5.99. The molecule has 0 aliphatic carbocycles. The standard InChI is InChI=1S/C20H20FNO5/c1-14(23)22-15-9-10-17(18(21)12-15)19(24)13-27-20(25)8-5-11-26-16-6-3-2-4-7-16/h2-4,6-7,9-10,12H,5,8,11,13H2,1H3,(H,22,23). The number of amides is 1. The molecule has 0 unspecified atom stereocenters. The molecule has 0 bridgehead atoms. The van der Waals surface area contributed by atoms with Gasteiger partial charge < -0.3 is 14.8 Å². The van der Waals surface area contributed by atoms with Crippen LogP contribution in [-0.4, -0.2) is 30.9 Å². The maximum atomic E-state index is 14.0. The fraction of sp³-hybridized carbons (Fsp3) is 0.250. The number of halogens is 1. The number of benzene rings is 2. The first-order chi connectivity index (χ1) is 13.0. The van der Waals surface area contributed by atoms with Crippen LogP contribution in [0.4, 0.5) is 10.1 Å². The minimum absolute atomic E-state index is 0.0874. The van der Waals surface area contributed by atoms with Crippen LogP contribution in [0.2, 0.25) is 0 Å². The molecule has 0 saturated carbocycles. The second-order valence-electron chi connectivity index (χ2n) is 5.72. The summed E-state index contributed by atoms with van der Waals surface area (Å²) in [7, 11) is 0. The molecule has 0 fully saturated rings. The Hall–Kier alpha value is -3.22. The Kier molecular flexibility index (Phi) is 7.49. The quantitative estimate of drug-likeness (QED) is 0.414. The molecule has 0 aliphatic heterocycles. The SMILES string of the molecule is CC(=O)Nc1ccc(C(=O)COC(=O)CCCOc2ccccc2)c(F)c1. The molecule has 2 aromatic rings. The van der Waals surface area contributed by atoms with E-state index in [9.17, 15) is 18.8 Å². The summed E-state index contributed by atoms with van der Waals surface area (Å²) in [6, 6.07) is 12.9. The molecule has 0 spiro atoms. The van der Waals surface area contributed by atoms with E-state index < -0.39 is 24.2 Å². The normalized spacial score (nSPS) is 10.1. The summed E-state index contributed by atoms with van der Waals surface area (Å²) < 4.78 is 24.3. The van der Waals surface area contributed by atoms with Gasteiger partial charge in [-0.05, 0) is 36.8 Å². The fourth-order valence-corrected chi connectivity index (χ4v) is 2.24. The molecule has 7 heteroatoms. The molecule has 0 saturated heterocycles. The topological polar surface area (TPSA) is 81.7 Å². The second kappa shape index (κ2) is 10.1. The number of ether oxygens (including phenoxy) is 2. The van der Waals surface area contributed by atoms with Crippen LogP contribution in [0.15, 0.2) is 48.5 Å². The molecule has 2 rings (SSSR count). The highest BCUT2D eigenvalue weighted by Gasteiger charge is 2.15. The lowest BCUT2D eigenvalue weighted by Crippen LogP contribution is -2.16. The van der Waals surface area contributed by atoms with Gasteiger partial charge in [0.2, 0.25) is 11.7 Å². The first-order valence-corrected chi connectivity index (χ1v) is 8.39. The maximum Gasteiger partial charge on any atom is 0.306 e. The molecule has 142 valence electrons. The molecule has 2 aromatic carbocycles. The van der Waals surface area contributed by atoms with Crippen molar-refractivity contribution in [2.75, 3.05) is 18.5 Å². The van der Waals surface area contributed by atoms with E-state index in [0.717, 1.165) is 6.07 Å². The number of carbonyl (C=O) groups is 3. The van der Waals surface area contributed by atoms with Crippen LogP contribution in [0.25, 0.3) is 0 Å². The predicted octanol–water partition coefficient (Wildman–Crippen LogP) is 3.37. The molecule has 1 amide bonds. The second-order valence-corrected chi connectivity index (χ2v) is 5.72. The smallest absolute Gasteiger partial charge is 0.306 e. The van der Waals surface area contributed by atoms with Gasteiger partial charge in [-0.25, -0.2) is 4.39 Å². The molecule has 0 aromatic heterocycles. The molecule has 0 heterocycles. The van der Waals surface area contributed by atoms with Gasteiger partial charge in [-0.15, -0.1) is 0 Å². The van der Waals surface area contributed by atoms with Gasteiger partial charge in [0.25, 0.3) is 0 Å². The van der Waals surface area contributed by atoms with Crippen LogP contribution in [-0.2, 0) is 14.3 Å². The van der Waals surface area contributed by atoms with Crippen molar-refractivity contribution in [3.05, 3.63) is 59.9 Å².